The molecule has 1 aromatic heterocycles. The van der Waals surface area contributed by atoms with Gasteiger partial charge in [-0.25, -0.2) is 13.5 Å². The largest absolute Gasteiger partial charge is 0.394 e. The highest BCUT2D eigenvalue weighted by Gasteiger charge is 2.55. The third-order valence-electron chi connectivity index (χ3n) is 4.29. The first kappa shape index (κ1) is 19.1. The predicted octanol–water partition coefficient (Wildman–Crippen LogP) is -0.262. The first-order valence-electron chi connectivity index (χ1n) is 7.60. The van der Waals surface area contributed by atoms with E-state index in [0.717, 1.165) is 6.92 Å². The minimum atomic E-state index is -2.70. The van der Waals surface area contributed by atoms with Crippen molar-refractivity contribution in [1.82, 2.24) is 15.0 Å². The Morgan fingerprint density at radius 1 is 1.50 bits per heavy atom. The van der Waals surface area contributed by atoms with Gasteiger partial charge in [0.1, 0.15) is 17.9 Å². The molecule has 0 aromatic carbocycles. The molecule has 1 aliphatic rings. The van der Waals surface area contributed by atoms with Gasteiger partial charge in [-0.05, 0) is 6.92 Å². The van der Waals surface area contributed by atoms with Crippen LogP contribution >= 0.6 is 0 Å². The fraction of sp³-hybridized carbons (Fsp3) is 0.857. The number of halogens is 2. The molecule has 1 aromatic rings. The average Bonchev–Trinajstić information content (AvgIpc) is 2.98. The first-order chi connectivity index (χ1) is 11.2. The molecule has 138 valence electrons. The van der Waals surface area contributed by atoms with Crippen molar-refractivity contribution >= 4 is 0 Å². The molecular weight excluding hydrogens is 328 g/mol. The van der Waals surface area contributed by atoms with E-state index in [-0.39, 0.29) is 6.61 Å². The lowest BCUT2D eigenvalue weighted by atomic mass is 9.82. The number of rotatable bonds is 6. The van der Waals surface area contributed by atoms with Crippen LogP contribution < -0.4 is 0 Å². The van der Waals surface area contributed by atoms with Gasteiger partial charge in [0.15, 0.2) is 6.17 Å². The van der Waals surface area contributed by atoms with Gasteiger partial charge in [-0.1, -0.05) is 12.1 Å². The molecule has 0 radical (unpaired) electrons. The number of aromatic nitrogens is 3. The molecule has 2 unspecified atom stereocenters. The Balaban J connectivity index is 2.32. The lowest BCUT2D eigenvalue weighted by Gasteiger charge is -2.46. The van der Waals surface area contributed by atoms with Crippen molar-refractivity contribution in [3.05, 3.63) is 11.9 Å². The van der Waals surface area contributed by atoms with E-state index in [0.29, 0.717) is 5.69 Å². The Morgan fingerprint density at radius 3 is 2.75 bits per heavy atom. The Kier molecular flexibility index (Phi) is 5.87. The van der Waals surface area contributed by atoms with Crippen LogP contribution in [0, 0.1) is 5.92 Å². The Hall–Kier alpha value is -1.20. The van der Waals surface area contributed by atoms with Crippen LogP contribution in [0.3, 0.4) is 0 Å². The summed E-state index contributed by atoms with van der Waals surface area (Å²) in [6.07, 6.45) is -5.00. The zero-order valence-electron chi connectivity index (χ0n) is 13.7. The molecule has 3 N–H and O–H groups in total. The summed E-state index contributed by atoms with van der Waals surface area (Å²) < 4.78 is 40.4. The Bertz CT molecular complexity index is 544. The second kappa shape index (κ2) is 7.36. The van der Waals surface area contributed by atoms with Crippen LogP contribution in [0.5, 0.6) is 0 Å². The number of hydrogen-bond acceptors (Lipinski definition) is 7. The van der Waals surface area contributed by atoms with E-state index in [4.69, 9.17) is 14.6 Å². The van der Waals surface area contributed by atoms with E-state index in [9.17, 15) is 19.0 Å². The fourth-order valence-electron chi connectivity index (χ4n) is 2.96. The van der Waals surface area contributed by atoms with Crippen molar-refractivity contribution in [2.45, 2.75) is 56.8 Å². The first-order valence-corrected chi connectivity index (χ1v) is 7.60. The van der Waals surface area contributed by atoms with Crippen LogP contribution in [-0.2, 0) is 16.1 Å². The van der Waals surface area contributed by atoms with Gasteiger partial charge in [-0.2, -0.15) is 0 Å². The van der Waals surface area contributed by atoms with Crippen LogP contribution in [0.25, 0.3) is 0 Å². The number of hydrogen-bond donors (Lipinski definition) is 3. The maximum atomic E-state index is 14.7. The highest BCUT2D eigenvalue weighted by atomic mass is 19.2. The summed E-state index contributed by atoms with van der Waals surface area (Å²) in [5.74, 6) is -3.46. The van der Waals surface area contributed by atoms with Gasteiger partial charge in [0, 0.05) is 13.0 Å². The highest BCUT2D eigenvalue weighted by molar-refractivity contribution is 5.01. The molecular formula is C14H23F2N3O5. The third kappa shape index (κ3) is 3.57. The summed E-state index contributed by atoms with van der Waals surface area (Å²) in [4.78, 5) is 0. The monoisotopic (exact) mass is 351 g/mol. The Labute approximate surface area is 138 Å². The Morgan fingerprint density at radius 2 is 2.17 bits per heavy atom. The molecule has 0 aliphatic carbocycles. The standard InChI is InChI=1S/C14H23F2N3O5/c1-7-10(19-4-8(6-23-3)17-18-19)13(15)14(2,16)24-12(7)11(22)9(21)5-20/h4,7,9-13,20-22H,5-6H2,1-3H3/t7-,9-,10-,11-,12-,13?,14?/m1/s1. The van der Waals surface area contributed by atoms with Gasteiger partial charge in [-0.15, -0.1) is 5.10 Å². The number of nitrogens with zero attached hydrogens (tertiary/aromatic N) is 3. The van der Waals surface area contributed by atoms with Gasteiger partial charge >= 0.3 is 0 Å². The average molecular weight is 351 g/mol. The summed E-state index contributed by atoms with van der Waals surface area (Å²) in [7, 11) is 1.47. The molecule has 0 saturated carbocycles. The number of alkyl halides is 2. The molecule has 2 heterocycles. The van der Waals surface area contributed by atoms with Crippen molar-refractivity contribution in [3.8, 4) is 0 Å². The summed E-state index contributed by atoms with van der Waals surface area (Å²) in [6, 6.07) is -1.11. The maximum absolute atomic E-state index is 14.7. The van der Waals surface area contributed by atoms with Crippen LogP contribution in [0.4, 0.5) is 8.78 Å². The summed E-state index contributed by atoms with van der Waals surface area (Å²) in [5.41, 5.74) is 0.441. The predicted molar refractivity (Wildman–Crippen MR) is 77.3 cm³/mol. The normalized spacial score (nSPS) is 36.5. The summed E-state index contributed by atoms with van der Waals surface area (Å²) >= 11 is 0. The van der Waals surface area contributed by atoms with Crippen LogP contribution in [0.15, 0.2) is 6.20 Å². The second-order valence-corrected chi connectivity index (χ2v) is 6.18. The number of aliphatic hydroxyl groups excluding tert-OH is 3. The quantitative estimate of drug-likeness (QED) is 0.648. The lowest BCUT2D eigenvalue weighted by Crippen LogP contribution is -2.59. The fourth-order valence-corrected chi connectivity index (χ4v) is 2.96. The molecule has 24 heavy (non-hydrogen) atoms. The third-order valence-corrected chi connectivity index (χ3v) is 4.29. The topological polar surface area (TPSA) is 110 Å². The van der Waals surface area contributed by atoms with Gasteiger partial charge in [-0.3, -0.25) is 0 Å². The minimum absolute atomic E-state index is 0.163. The minimum Gasteiger partial charge on any atom is -0.394 e. The smallest absolute Gasteiger partial charge is 0.240 e. The van der Waals surface area contributed by atoms with E-state index < -0.39 is 48.9 Å². The van der Waals surface area contributed by atoms with Gasteiger partial charge < -0.3 is 24.8 Å². The van der Waals surface area contributed by atoms with Crippen molar-refractivity contribution in [1.29, 1.82) is 0 Å². The molecule has 1 fully saturated rings. The molecule has 1 aliphatic heterocycles. The summed E-state index contributed by atoms with van der Waals surface area (Å²) in [6.45, 7) is 1.88. The van der Waals surface area contributed by atoms with Crippen molar-refractivity contribution < 1.29 is 33.6 Å². The number of methoxy groups -OCH3 is 1. The van der Waals surface area contributed by atoms with E-state index in [1.54, 1.807) is 6.92 Å². The molecule has 0 bridgehead atoms. The molecule has 1 saturated heterocycles. The van der Waals surface area contributed by atoms with Crippen molar-refractivity contribution in [3.63, 3.8) is 0 Å². The molecule has 10 heteroatoms. The van der Waals surface area contributed by atoms with Crippen LogP contribution in [0.2, 0.25) is 0 Å². The molecule has 8 nitrogen and oxygen atoms in total. The zero-order valence-corrected chi connectivity index (χ0v) is 13.7. The zero-order chi connectivity index (χ0) is 18.1. The maximum Gasteiger partial charge on any atom is 0.240 e. The molecule has 2 rings (SSSR count). The van der Waals surface area contributed by atoms with Gasteiger partial charge in [0.2, 0.25) is 5.85 Å². The van der Waals surface area contributed by atoms with Crippen molar-refractivity contribution in [2.75, 3.05) is 13.7 Å². The summed E-state index contributed by atoms with van der Waals surface area (Å²) in [5, 5.41) is 36.3. The molecule has 0 spiro atoms. The molecule has 7 atom stereocenters. The molecule has 0 amide bonds. The lowest BCUT2D eigenvalue weighted by molar-refractivity contribution is -0.288. The second-order valence-electron chi connectivity index (χ2n) is 6.18. The van der Waals surface area contributed by atoms with Gasteiger partial charge in [0.25, 0.3) is 0 Å². The van der Waals surface area contributed by atoms with Crippen LogP contribution in [-0.4, -0.2) is 74.4 Å². The SMILES string of the molecule is COCc1cn([C@H]2C(F)C(C)(F)O[C@@H]([C@H](O)[C@H](O)CO)[C@@H]2C)nn1. The van der Waals surface area contributed by atoms with E-state index in [1.165, 1.54) is 18.0 Å². The number of ether oxygens (including phenoxy) is 2. The highest BCUT2D eigenvalue weighted by Crippen LogP contribution is 2.43. The number of aliphatic hydroxyl groups is 3. The van der Waals surface area contributed by atoms with E-state index in [2.05, 4.69) is 10.3 Å². The van der Waals surface area contributed by atoms with E-state index in [1.807, 2.05) is 0 Å². The van der Waals surface area contributed by atoms with E-state index >= 15 is 0 Å². The van der Waals surface area contributed by atoms with Crippen molar-refractivity contribution in [2.24, 2.45) is 5.92 Å². The van der Waals surface area contributed by atoms with Crippen LogP contribution in [0.1, 0.15) is 25.6 Å². The van der Waals surface area contributed by atoms with Gasteiger partial charge in [0.05, 0.1) is 31.6 Å².